The van der Waals surface area contributed by atoms with Gasteiger partial charge in [0.2, 0.25) is 5.91 Å². The van der Waals surface area contributed by atoms with Crippen molar-refractivity contribution in [3.05, 3.63) is 69.9 Å². The molecule has 0 saturated heterocycles. The van der Waals surface area contributed by atoms with Gasteiger partial charge in [-0.25, -0.2) is 4.68 Å². The molecule has 1 heterocycles. The summed E-state index contributed by atoms with van der Waals surface area (Å²) in [6, 6.07) is 12.8. The number of carbonyl (C=O) groups excluding carboxylic acids is 2. The Labute approximate surface area is 173 Å². The second kappa shape index (κ2) is 8.74. The molecular formula is C20H21ClN6O2. The third-order valence-electron chi connectivity index (χ3n) is 4.39. The Morgan fingerprint density at radius 2 is 1.76 bits per heavy atom. The molecule has 0 atom stereocenters. The highest BCUT2D eigenvalue weighted by molar-refractivity contribution is 6.30. The van der Waals surface area contributed by atoms with Crippen LogP contribution in [0, 0.1) is 13.8 Å². The number of halogens is 1. The Hall–Kier alpha value is -3.39. The summed E-state index contributed by atoms with van der Waals surface area (Å²) in [7, 11) is 0. The van der Waals surface area contributed by atoms with Crippen LogP contribution in [0.5, 0.6) is 0 Å². The third kappa shape index (κ3) is 4.91. The van der Waals surface area contributed by atoms with E-state index < -0.39 is 5.91 Å². The van der Waals surface area contributed by atoms with Crippen LogP contribution in [0.15, 0.2) is 42.5 Å². The van der Waals surface area contributed by atoms with Crippen molar-refractivity contribution < 1.29 is 9.59 Å². The maximum Gasteiger partial charge on any atom is 0.275 e. The van der Waals surface area contributed by atoms with Crippen molar-refractivity contribution in [1.82, 2.24) is 20.3 Å². The van der Waals surface area contributed by atoms with Crippen LogP contribution in [0.2, 0.25) is 5.02 Å². The van der Waals surface area contributed by atoms with Gasteiger partial charge in [-0.2, -0.15) is 0 Å². The Balaban J connectivity index is 1.63. The number of rotatable bonds is 6. The number of carbonyl (C=O) groups is 2. The highest BCUT2D eigenvalue weighted by Gasteiger charge is 2.19. The number of aromatic nitrogens is 3. The first-order chi connectivity index (χ1) is 13.8. The predicted molar refractivity (Wildman–Crippen MR) is 112 cm³/mol. The number of anilines is 2. The molecule has 1 aromatic heterocycles. The molecule has 0 aliphatic heterocycles. The van der Waals surface area contributed by atoms with Crippen LogP contribution in [0.4, 0.5) is 11.5 Å². The first-order valence-electron chi connectivity index (χ1n) is 8.93. The number of aryl methyl sites for hydroxylation is 2. The van der Waals surface area contributed by atoms with Gasteiger partial charge in [0.15, 0.2) is 11.5 Å². The highest BCUT2D eigenvalue weighted by atomic mass is 35.5. The number of nitrogens with zero attached hydrogens (tertiary/aromatic N) is 3. The molecule has 9 heteroatoms. The number of nitrogens with two attached hydrogens (primary N) is 1. The second-order valence-electron chi connectivity index (χ2n) is 6.61. The molecule has 4 N–H and O–H groups in total. The Kier molecular flexibility index (Phi) is 6.13. The zero-order valence-corrected chi connectivity index (χ0v) is 16.8. The number of hydrogen-bond acceptors (Lipinski definition) is 5. The van der Waals surface area contributed by atoms with Gasteiger partial charge in [-0.05, 0) is 42.7 Å². The normalized spacial score (nSPS) is 10.6. The lowest BCUT2D eigenvalue weighted by atomic mass is 10.1. The molecule has 0 aliphatic rings. The molecule has 29 heavy (non-hydrogen) atoms. The smallest absolute Gasteiger partial charge is 0.275 e. The van der Waals surface area contributed by atoms with Crippen molar-refractivity contribution in [1.29, 1.82) is 0 Å². The molecule has 0 saturated carbocycles. The lowest BCUT2D eigenvalue weighted by Gasteiger charge is -2.11. The summed E-state index contributed by atoms with van der Waals surface area (Å²) in [4.78, 5) is 24.7. The average Bonchev–Trinajstić information content (AvgIpc) is 3.04. The van der Waals surface area contributed by atoms with Crippen LogP contribution < -0.4 is 16.4 Å². The fourth-order valence-electron chi connectivity index (χ4n) is 2.79. The van der Waals surface area contributed by atoms with E-state index in [1.165, 1.54) is 4.68 Å². The van der Waals surface area contributed by atoms with Crippen LogP contribution >= 0.6 is 11.6 Å². The number of para-hydroxylation sites is 1. The summed E-state index contributed by atoms with van der Waals surface area (Å²) >= 11 is 5.85. The van der Waals surface area contributed by atoms with Crippen LogP contribution in [0.25, 0.3) is 0 Å². The molecule has 150 valence electrons. The van der Waals surface area contributed by atoms with E-state index in [0.717, 1.165) is 22.4 Å². The van der Waals surface area contributed by atoms with Crippen LogP contribution in [-0.4, -0.2) is 26.8 Å². The average molecular weight is 413 g/mol. The van der Waals surface area contributed by atoms with E-state index in [2.05, 4.69) is 20.9 Å². The zero-order chi connectivity index (χ0) is 21.0. The third-order valence-corrected chi connectivity index (χ3v) is 4.65. The van der Waals surface area contributed by atoms with Gasteiger partial charge in [-0.1, -0.05) is 47.1 Å². The molecule has 0 unspecified atom stereocenters. The van der Waals surface area contributed by atoms with Crippen LogP contribution in [0.1, 0.15) is 27.2 Å². The minimum Gasteiger partial charge on any atom is -0.382 e. The van der Waals surface area contributed by atoms with Crippen LogP contribution in [-0.2, 0) is 17.9 Å². The number of hydrogen-bond donors (Lipinski definition) is 3. The van der Waals surface area contributed by atoms with E-state index in [-0.39, 0.29) is 30.5 Å². The van der Waals surface area contributed by atoms with Crippen LogP contribution in [0.3, 0.4) is 0 Å². The second-order valence-corrected chi connectivity index (χ2v) is 7.04. The summed E-state index contributed by atoms with van der Waals surface area (Å²) < 4.78 is 1.19. The van der Waals surface area contributed by atoms with Gasteiger partial charge in [0, 0.05) is 17.3 Å². The maximum absolute atomic E-state index is 12.4. The quantitative estimate of drug-likeness (QED) is 0.575. The van der Waals surface area contributed by atoms with Crippen molar-refractivity contribution in [3.63, 3.8) is 0 Å². The summed E-state index contributed by atoms with van der Waals surface area (Å²) in [5.74, 6) is -0.763. The molecule has 0 aliphatic carbocycles. The fourth-order valence-corrected chi connectivity index (χ4v) is 2.92. The lowest BCUT2D eigenvalue weighted by Crippen LogP contribution is -2.25. The Bertz CT molecular complexity index is 1030. The molecule has 0 bridgehead atoms. The summed E-state index contributed by atoms with van der Waals surface area (Å²) in [5, 5.41) is 13.8. The van der Waals surface area contributed by atoms with Gasteiger partial charge in [0.1, 0.15) is 6.54 Å². The van der Waals surface area contributed by atoms with E-state index in [9.17, 15) is 9.59 Å². The summed E-state index contributed by atoms with van der Waals surface area (Å²) in [6.07, 6.45) is 0. The minimum absolute atomic E-state index is 0.0234. The molecule has 3 aromatic rings. The molecule has 0 fully saturated rings. The molecule has 8 nitrogen and oxygen atoms in total. The Morgan fingerprint density at radius 3 is 2.41 bits per heavy atom. The monoisotopic (exact) mass is 412 g/mol. The predicted octanol–water partition coefficient (Wildman–Crippen LogP) is 2.70. The highest BCUT2D eigenvalue weighted by Crippen LogP contribution is 2.19. The molecule has 3 rings (SSSR count). The van der Waals surface area contributed by atoms with Crippen molar-refractivity contribution >= 4 is 34.9 Å². The van der Waals surface area contributed by atoms with E-state index in [0.29, 0.717) is 5.02 Å². The molecule has 2 aromatic carbocycles. The molecule has 2 amide bonds. The fraction of sp³-hybridized carbons (Fsp3) is 0.200. The lowest BCUT2D eigenvalue weighted by molar-refractivity contribution is -0.116. The van der Waals surface area contributed by atoms with Gasteiger partial charge in [0.25, 0.3) is 5.91 Å². The zero-order valence-electron chi connectivity index (χ0n) is 16.1. The van der Waals surface area contributed by atoms with Crippen molar-refractivity contribution in [2.24, 2.45) is 0 Å². The number of amides is 2. The van der Waals surface area contributed by atoms with Gasteiger partial charge >= 0.3 is 0 Å². The first kappa shape index (κ1) is 20.3. The number of benzene rings is 2. The maximum atomic E-state index is 12.4. The molecule has 0 radical (unpaired) electrons. The van der Waals surface area contributed by atoms with Gasteiger partial charge < -0.3 is 16.4 Å². The van der Waals surface area contributed by atoms with E-state index in [1.807, 2.05) is 32.0 Å². The SMILES string of the molecule is Cc1cccc(C)c1NC(=O)Cn1nnc(C(=O)NCc2ccc(Cl)cc2)c1N. The minimum atomic E-state index is -0.473. The van der Waals surface area contributed by atoms with Crippen molar-refractivity contribution in [3.8, 4) is 0 Å². The Morgan fingerprint density at radius 1 is 1.10 bits per heavy atom. The van der Waals surface area contributed by atoms with Crippen molar-refractivity contribution in [2.75, 3.05) is 11.1 Å². The van der Waals surface area contributed by atoms with E-state index in [1.54, 1.807) is 24.3 Å². The van der Waals surface area contributed by atoms with Gasteiger partial charge in [0.05, 0.1) is 0 Å². The summed E-state index contributed by atoms with van der Waals surface area (Å²) in [6.45, 7) is 3.96. The molecule has 0 spiro atoms. The van der Waals surface area contributed by atoms with E-state index in [4.69, 9.17) is 17.3 Å². The van der Waals surface area contributed by atoms with Crippen molar-refractivity contribution in [2.45, 2.75) is 26.9 Å². The standard InChI is InChI=1S/C20H21ClN6O2/c1-12-4-3-5-13(2)17(12)24-16(28)11-27-19(22)18(25-26-27)20(29)23-10-14-6-8-15(21)9-7-14/h3-9H,10-11,22H2,1-2H3,(H,23,29)(H,24,28). The first-order valence-corrected chi connectivity index (χ1v) is 9.30. The summed E-state index contributed by atoms with van der Waals surface area (Å²) in [5.41, 5.74) is 9.47. The van der Waals surface area contributed by atoms with E-state index >= 15 is 0 Å². The number of nitrogen functional groups attached to an aromatic ring is 1. The molecular weight excluding hydrogens is 392 g/mol. The topological polar surface area (TPSA) is 115 Å². The largest absolute Gasteiger partial charge is 0.382 e. The van der Waals surface area contributed by atoms with Gasteiger partial charge in [-0.15, -0.1) is 5.10 Å². The number of nitrogens with one attached hydrogen (secondary N) is 2. The van der Waals surface area contributed by atoms with Gasteiger partial charge in [-0.3, -0.25) is 9.59 Å².